The zero-order valence-electron chi connectivity index (χ0n) is 6.13. The van der Waals surface area contributed by atoms with E-state index in [-0.39, 0.29) is 5.84 Å². The molecule has 0 radical (unpaired) electrons. The number of thiazole rings is 1. The van der Waals surface area contributed by atoms with Crippen molar-refractivity contribution in [2.75, 3.05) is 7.11 Å². The largest absolute Gasteiger partial charge is 0.383 e. The lowest BCUT2D eigenvalue weighted by Gasteiger charge is -1.89. The number of nitrogen functional groups attached to an aromatic ring is 1. The second-order valence-corrected chi connectivity index (χ2v) is 3.08. The van der Waals surface area contributed by atoms with E-state index in [4.69, 9.17) is 15.9 Å². The van der Waals surface area contributed by atoms with E-state index >= 15 is 0 Å². The van der Waals surface area contributed by atoms with Gasteiger partial charge in [0.1, 0.15) is 10.8 Å². The number of ether oxygens (including phenoxy) is 1. The quantitative estimate of drug-likeness (QED) is 0.516. The van der Waals surface area contributed by atoms with Gasteiger partial charge >= 0.3 is 0 Å². The van der Waals surface area contributed by atoms with E-state index in [9.17, 15) is 0 Å². The lowest BCUT2D eigenvalue weighted by molar-refractivity contribution is 0.184. The number of nitrogens with two attached hydrogens (primary N) is 1. The van der Waals surface area contributed by atoms with Gasteiger partial charge in [0.2, 0.25) is 0 Å². The average molecular weight is 171 g/mol. The fraction of sp³-hybridized carbons (Fsp3) is 0.333. The van der Waals surface area contributed by atoms with Gasteiger partial charge in [0.15, 0.2) is 0 Å². The zero-order chi connectivity index (χ0) is 8.27. The van der Waals surface area contributed by atoms with Crippen LogP contribution in [0, 0.1) is 5.41 Å². The third-order valence-corrected chi connectivity index (χ3v) is 2.09. The average Bonchev–Trinajstić information content (AvgIpc) is 2.37. The SMILES string of the molecule is COCc1ncc(C(=N)N)s1. The van der Waals surface area contributed by atoms with Gasteiger partial charge < -0.3 is 10.5 Å². The maximum atomic E-state index is 7.09. The van der Waals surface area contributed by atoms with Crippen molar-refractivity contribution in [3.05, 3.63) is 16.1 Å². The number of hydrogen-bond donors (Lipinski definition) is 2. The van der Waals surface area contributed by atoms with Crippen LogP contribution in [0.3, 0.4) is 0 Å². The number of rotatable bonds is 3. The van der Waals surface area contributed by atoms with Crippen molar-refractivity contribution in [3.8, 4) is 0 Å². The highest BCUT2D eigenvalue weighted by molar-refractivity contribution is 7.13. The third kappa shape index (κ3) is 1.99. The summed E-state index contributed by atoms with van der Waals surface area (Å²) in [5.74, 6) is 0.0600. The summed E-state index contributed by atoms with van der Waals surface area (Å²) < 4.78 is 4.86. The number of aromatic nitrogens is 1. The Morgan fingerprint density at radius 2 is 2.64 bits per heavy atom. The molecule has 4 nitrogen and oxygen atoms in total. The summed E-state index contributed by atoms with van der Waals surface area (Å²) in [4.78, 5) is 4.69. The number of amidine groups is 1. The Labute approximate surface area is 68.5 Å². The van der Waals surface area contributed by atoms with E-state index in [1.165, 1.54) is 11.3 Å². The van der Waals surface area contributed by atoms with Crippen LogP contribution in [0.2, 0.25) is 0 Å². The molecule has 0 aliphatic carbocycles. The molecule has 1 aromatic rings. The molecule has 5 heteroatoms. The predicted molar refractivity (Wildman–Crippen MR) is 43.8 cm³/mol. The molecule has 3 N–H and O–H groups in total. The normalized spacial score (nSPS) is 9.91. The summed E-state index contributed by atoms with van der Waals surface area (Å²) in [6.07, 6.45) is 1.58. The molecular weight excluding hydrogens is 162 g/mol. The van der Waals surface area contributed by atoms with E-state index in [2.05, 4.69) is 4.98 Å². The zero-order valence-corrected chi connectivity index (χ0v) is 6.94. The maximum Gasteiger partial charge on any atom is 0.134 e. The van der Waals surface area contributed by atoms with Crippen LogP contribution in [0.25, 0.3) is 0 Å². The highest BCUT2D eigenvalue weighted by Gasteiger charge is 2.02. The van der Waals surface area contributed by atoms with Crippen LogP contribution in [-0.4, -0.2) is 17.9 Å². The van der Waals surface area contributed by atoms with Crippen LogP contribution >= 0.6 is 11.3 Å². The van der Waals surface area contributed by atoms with Gasteiger partial charge in [-0.05, 0) is 0 Å². The molecule has 1 heterocycles. The molecule has 0 atom stereocenters. The molecule has 0 spiro atoms. The highest BCUT2D eigenvalue weighted by atomic mass is 32.1. The lowest BCUT2D eigenvalue weighted by Crippen LogP contribution is -2.08. The van der Waals surface area contributed by atoms with E-state index in [0.717, 1.165) is 5.01 Å². The molecule has 0 amide bonds. The van der Waals surface area contributed by atoms with Crippen LogP contribution in [0.5, 0.6) is 0 Å². The second kappa shape index (κ2) is 3.45. The molecule has 0 saturated carbocycles. The lowest BCUT2D eigenvalue weighted by atomic mass is 10.5. The van der Waals surface area contributed by atoms with Crippen LogP contribution < -0.4 is 5.73 Å². The molecule has 1 rings (SSSR count). The fourth-order valence-corrected chi connectivity index (χ4v) is 1.38. The van der Waals surface area contributed by atoms with Crippen molar-refractivity contribution in [2.45, 2.75) is 6.61 Å². The van der Waals surface area contributed by atoms with Crippen LogP contribution in [0.4, 0.5) is 0 Å². The molecule has 0 saturated heterocycles. The Morgan fingerprint density at radius 3 is 3.09 bits per heavy atom. The van der Waals surface area contributed by atoms with Gasteiger partial charge in [-0.3, -0.25) is 5.41 Å². The van der Waals surface area contributed by atoms with Gasteiger partial charge in [-0.25, -0.2) is 4.98 Å². The third-order valence-electron chi connectivity index (χ3n) is 1.09. The summed E-state index contributed by atoms with van der Waals surface area (Å²) in [5, 5.41) is 7.93. The van der Waals surface area contributed by atoms with Crippen molar-refractivity contribution in [1.29, 1.82) is 5.41 Å². The van der Waals surface area contributed by atoms with Gasteiger partial charge in [-0.2, -0.15) is 0 Å². The summed E-state index contributed by atoms with van der Waals surface area (Å²) >= 11 is 1.38. The summed E-state index contributed by atoms with van der Waals surface area (Å²) in [6, 6.07) is 0. The number of nitrogens with one attached hydrogen (secondary N) is 1. The van der Waals surface area contributed by atoms with Crippen molar-refractivity contribution < 1.29 is 4.74 Å². The first-order valence-corrected chi connectivity index (χ1v) is 3.83. The molecule has 0 fully saturated rings. The summed E-state index contributed by atoms with van der Waals surface area (Å²) in [7, 11) is 1.61. The van der Waals surface area contributed by atoms with E-state index in [0.29, 0.717) is 11.5 Å². The van der Waals surface area contributed by atoms with Crippen molar-refractivity contribution in [1.82, 2.24) is 4.98 Å². The highest BCUT2D eigenvalue weighted by Crippen LogP contribution is 2.12. The molecule has 0 bridgehead atoms. The second-order valence-electron chi connectivity index (χ2n) is 1.96. The summed E-state index contributed by atoms with van der Waals surface area (Å²) in [5.41, 5.74) is 5.24. The Morgan fingerprint density at radius 1 is 1.91 bits per heavy atom. The van der Waals surface area contributed by atoms with E-state index in [1.807, 2.05) is 0 Å². The number of methoxy groups -OCH3 is 1. The molecule has 0 aromatic carbocycles. The van der Waals surface area contributed by atoms with Gasteiger partial charge in [0, 0.05) is 13.3 Å². The fourth-order valence-electron chi connectivity index (χ4n) is 0.625. The van der Waals surface area contributed by atoms with Crippen LogP contribution in [0.1, 0.15) is 9.88 Å². The first kappa shape index (κ1) is 8.16. The van der Waals surface area contributed by atoms with Crippen molar-refractivity contribution >= 4 is 17.2 Å². The standard InChI is InChI=1S/C6H9N3OS/c1-10-3-5-9-2-4(11-5)6(7)8/h2H,3H2,1H3,(H3,7,8). The van der Waals surface area contributed by atoms with Crippen molar-refractivity contribution in [2.24, 2.45) is 5.73 Å². The van der Waals surface area contributed by atoms with Gasteiger partial charge in [-0.15, -0.1) is 11.3 Å². The smallest absolute Gasteiger partial charge is 0.134 e. The monoisotopic (exact) mass is 171 g/mol. The minimum Gasteiger partial charge on any atom is -0.383 e. The molecule has 1 aromatic heterocycles. The minimum absolute atomic E-state index is 0.0600. The Kier molecular flexibility index (Phi) is 2.56. The Hall–Kier alpha value is -0.940. The maximum absolute atomic E-state index is 7.09. The van der Waals surface area contributed by atoms with E-state index < -0.39 is 0 Å². The molecule has 60 valence electrons. The summed E-state index contributed by atoms with van der Waals surface area (Å²) in [6.45, 7) is 0.484. The first-order chi connectivity index (χ1) is 5.24. The van der Waals surface area contributed by atoms with Gasteiger partial charge in [0.05, 0.1) is 11.5 Å². The van der Waals surface area contributed by atoms with Gasteiger partial charge in [0.25, 0.3) is 0 Å². The molecular formula is C6H9N3OS. The Balaban J connectivity index is 2.73. The molecule has 0 aliphatic rings. The van der Waals surface area contributed by atoms with Crippen molar-refractivity contribution in [3.63, 3.8) is 0 Å². The predicted octanol–water partition coefficient (Wildman–Crippen LogP) is 0.574. The topological polar surface area (TPSA) is 72.0 Å². The number of nitrogens with zero attached hydrogens (tertiary/aromatic N) is 1. The Bertz CT molecular complexity index is 258. The van der Waals surface area contributed by atoms with E-state index in [1.54, 1.807) is 13.3 Å². The van der Waals surface area contributed by atoms with Crippen LogP contribution in [0.15, 0.2) is 6.20 Å². The first-order valence-electron chi connectivity index (χ1n) is 3.02. The minimum atomic E-state index is 0.0600. The molecule has 0 unspecified atom stereocenters. The van der Waals surface area contributed by atoms with Crippen LogP contribution in [-0.2, 0) is 11.3 Å². The number of hydrogen-bond acceptors (Lipinski definition) is 4. The molecule has 0 aliphatic heterocycles. The molecule has 11 heavy (non-hydrogen) atoms. The van der Waals surface area contributed by atoms with Gasteiger partial charge in [-0.1, -0.05) is 0 Å².